The van der Waals surface area contributed by atoms with Gasteiger partial charge in [-0.2, -0.15) is 0 Å². The van der Waals surface area contributed by atoms with Gasteiger partial charge >= 0.3 is 0 Å². The Labute approximate surface area is 114 Å². The van der Waals surface area contributed by atoms with Crippen LogP contribution in [0.1, 0.15) is 38.5 Å². The Morgan fingerprint density at radius 3 is 2.68 bits per heavy atom. The Balaban J connectivity index is 1.47. The van der Waals surface area contributed by atoms with Crippen molar-refractivity contribution in [3.05, 3.63) is 0 Å². The van der Waals surface area contributed by atoms with Crippen molar-refractivity contribution in [3.63, 3.8) is 0 Å². The van der Waals surface area contributed by atoms with E-state index in [0.717, 1.165) is 45.4 Å². The first-order valence-electron chi connectivity index (χ1n) is 7.82. The molecule has 4 aliphatic rings. The lowest BCUT2D eigenvalue weighted by Gasteiger charge is -2.56. The molecule has 4 nitrogen and oxygen atoms in total. The van der Waals surface area contributed by atoms with Crippen LogP contribution in [0.25, 0.3) is 0 Å². The molecule has 3 aliphatic heterocycles. The largest absolute Gasteiger partial charge is 0.381 e. The van der Waals surface area contributed by atoms with Crippen LogP contribution in [0, 0.1) is 11.8 Å². The van der Waals surface area contributed by atoms with E-state index < -0.39 is 0 Å². The zero-order chi connectivity index (χ0) is 12.9. The fourth-order valence-corrected chi connectivity index (χ4v) is 4.21. The SMILES string of the molecule is O=C([C@@H]1CCCOC1)N1C[C@]2(CCCO2)[C@@H]1C1CC1. The Hall–Kier alpha value is -0.610. The molecule has 106 valence electrons. The van der Waals surface area contributed by atoms with Gasteiger partial charge in [-0.25, -0.2) is 0 Å². The number of likely N-dealkylation sites (tertiary alicyclic amines) is 1. The smallest absolute Gasteiger partial charge is 0.228 e. The third-order valence-corrected chi connectivity index (χ3v) is 5.31. The molecule has 0 aromatic rings. The lowest BCUT2D eigenvalue weighted by atomic mass is 9.77. The van der Waals surface area contributed by atoms with Crippen LogP contribution in [-0.2, 0) is 14.3 Å². The summed E-state index contributed by atoms with van der Waals surface area (Å²) >= 11 is 0. The molecule has 1 saturated carbocycles. The maximum atomic E-state index is 12.7. The fourth-order valence-electron chi connectivity index (χ4n) is 4.21. The molecule has 0 bridgehead atoms. The van der Waals surface area contributed by atoms with Crippen LogP contribution in [0.2, 0.25) is 0 Å². The number of hydrogen-bond acceptors (Lipinski definition) is 3. The number of ether oxygens (including phenoxy) is 2. The van der Waals surface area contributed by atoms with Crippen molar-refractivity contribution in [2.75, 3.05) is 26.4 Å². The van der Waals surface area contributed by atoms with Gasteiger partial charge in [0.05, 0.1) is 25.1 Å². The Kier molecular flexibility index (Phi) is 2.85. The highest BCUT2D eigenvalue weighted by Gasteiger charge is 2.62. The van der Waals surface area contributed by atoms with Crippen LogP contribution in [0.5, 0.6) is 0 Å². The third kappa shape index (κ3) is 1.91. The molecule has 19 heavy (non-hydrogen) atoms. The molecule has 0 N–H and O–H groups in total. The number of amides is 1. The van der Waals surface area contributed by atoms with Crippen LogP contribution >= 0.6 is 0 Å². The zero-order valence-corrected chi connectivity index (χ0v) is 11.5. The minimum atomic E-state index is 0.0341. The molecule has 4 heteroatoms. The summed E-state index contributed by atoms with van der Waals surface area (Å²) in [5.41, 5.74) is 0.0341. The summed E-state index contributed by atoms with van der Waals surface area (Å²) in [5.74, 6) is 1.15. The Morgan fingerprint density at radius 1 is 1.16 bits per heavy atom. The number of carbonyl (C=O) groups is 1. The first-order valence-corrected chi connectivity index (χ1v) is 7.82. The molecule has 3 heterocycles. The Morgan fingerprint density at radius 2 is 2.05 bits per heavy atom. The maximum absolute atomic E-state index is 12.7. The first-order chi connectivity index (χ1) is 9.30. The summed E-state index contributed by atoms with van der Waals surface area (Å²) in [6.45, 7) is 3.17. The van der Waals surface area contributed by atoms with Gasteiger partial charge in [-0.3, -0.25) is 4.79 Å². The van der Waals surface area contributed by atoms with Crippen LogP contribution in [0.3, 0.4) is 0 Å². The van der Waals surface area contributed by atoms with E-state index in [4.69, 9.17) is 9.47 Å². The molecule has 3 saturated heterocycles. The number of carbonyl (C=O) groups excluding carboxylic acids is 1. The van der Waals surface area contributed by atoms with Gasteiger partial charge in [0.15, 0.2) is 0 Å². The van der Waals surface area contributed by atoms with Crippen molar-refractivity contribution in [2.45, 2.75) is 50.2 Å². The second-order valence-corrected chi connectivity index (χ2v) is 6.68. The topological polar surface area (TPSA) is 38.8 Å². The summed E-state index contributed by atoms with van der Waals surface area (Å²) in [4.78, 5) is 14.8. The summed E-state index contributed by atoms with van der Waals surface area (Å²) < 4.78 is 11.5. The highest BCUT2D eigenvalue weighted by atomic mass is 16.5. The molecule has 1 aliphatic carbocycles. The monoisotopic (exact) mass is 265 g/mol. The molecule has 0 aromatic heterocycles. The van der Waals surface area contributed by atoms with E-state index in [1.54, 1.807) is 0 Å². The molecule has 0 radical (unpaired) electrons. The normalized spacial score (nSPS) is 42.4. The molecule has 3 atom stereocenters. The van der Waals surface area contributed by atoms with Gasteiger partial charge in [0.25, 0.3) is 0 Å². The molecule has 0 aromatic carbocycles. The van der Waals surface area contributed by atoms with Crippen molar-refractivity contribution in [1.82, 2.24) is 4.90 Å². The van der Waals surface area contributed by atoms with Crippen molar-refractivity contribution in [2.24, 2.45) is 11.8 Å². The summed E-state index contributed by atoms with van der Waals surface area (Å²) in [7, 11) is 0. The molecular formula is C15H23NO3. The minimum absolute atomic E-state index is 0.0341. The predicted octanol–water partition coefficient (Wildman–Crippen LogP) is 1.58. The summed E-state index contributed by atoms with van der Waals surface area (Å²) in [5, 5.41) is 0. The summed E-state index contributed by atoms with van der Waals surface area (Å²) in [6.07, 6.45) is 6.90. The van der Waals surface area contributed by atoms with E-state index in [2.05, 4.69) is 4.90 Å². The fraction of sp³-hybridized carbons (Fsp3) is 0.933. The lowest BCUT2D eigenvalue weighted by molar-refractivity contribution is -0.190. The highest BCUT2D eigenvalue weighted by Crippen LogP contribution is 2.51. The van der Waals surface area contributed by atoms with E-state index >= 15 is 0 Å². The maximum Gasteiger partial charge on any atom is 0.228 e. The minimum Gasteiger partial charge on any atom is -0.381 e. The van der Waals surface area contributed by atoms with Crippen molar-refractivity contribution in [1.29, 1.82) is 0 Å². The van der Waals surface area contributed by atoms with Crippen molar-refractivity contribution >= 4 is 5.91 Å². The van der Waals surface area contributed by atoms with Gasteiger partial charge in [-0.05, 0) is 44.4 Å². The number of rotatable bonds is 2. The molecule has 1 spiro atoms. The molecular weight excluding hydrogens is 242 g/mol. The van der Waals surface area contributed by atoms with Gasteiger partial charge in [0, 0.05) is 13.2 Å². The first kappa shape index (κ1) is 12.2. The van der Waals surface area contributed by atoms with Crippen molar-refractivity contribution < 1.29 is 14.3 Å². The van der Waals surface area contributed by atoms with Crippen LogP contribution in [-0.4, -0.2) is 48.8 Å². The molecule has 1 amide bonds. The van der Waals surface area contributed by atoms with Gasteiger partial charge in [-0.15, -0.1) is 0 Å². The van der Waals surface area contributed by atoms with Gasteiger partial charge in [0.1, 0.15) is 5.60 Å². The predicted molar refractivity (Wildman–Crippen MR) is 69.7 cm³/mol. The standard InChI is InChI=1S/C15H23NO3/c17-14(12-3-1-7-18-9-12)16-10-15(6-2-8-19-15)13(16)11-4-5-11/h11-13H,1-10H2/t12-,13+,15-/m1/s1. The van der Waals surface area contributed by atoms with Crippen molar-refractivity contribution in [3.8, 4) is 0 Å². The Bertz CT molecular complexity index is 368. The average Bonchev–Trinajstić information content (AvgIpc) is 3.10. The van der Waals surface area contributed by atoms with Gasteiger partial charge < -0.3 is 14.4 Å². The van der Waals surface area contributed by atoms with Gasteiger partial charge in [-0.1, -0.05) is 0 Å². The quantitative estimate of drug-likeness (QED) is 0.761. The van der Waals surface area contributed by atoms with Crippen LogP contribution in [0.15, 0.2) is 0 Å². The lowest BCUT2D eigenvalue weighted by Crippen LogP contribution is -2.72. The second-order valence-electron chi connectivity index (χ2n) is 6.68. The van der Waals surface area contributed by atoms with E-state index in [1.807, 2.05) is 0 Å². The summed E-state index contributed by atoms with van der Waals surface area (Å²) in [6, 6.07) is 0.379. The molecule has 4 rings (SSSR count). The number of nitrogens with zero attached hydrogens (tertiary/aromatic N) is 1. The molecule has 0 unspecified atom stereocenters. The van der Waals surface area contributed by atoms with E-state index in [1.165, 1.54) is 12.8 Å². The van der Waals surface area contributed by atoms with Crippen LogP contribution in [0.4, 0.5) is 0 Å². The zero-order valence-electron chi connectivity index (χ0n) is 11.5. The van der Waals surface area contributed by atoms with Crippen LogP contribution < -0.4 is 0 Å². The van der Waals surface area contributed by atoms with E-state index in [0.29, 0.717) is 24.5 Å². The number of hydrogen-bond donors (Lipinski definition) is 0. The third-order valence-electron chi connectivity index (χ3n) is 5.31. The highest BCUT2D eigenvalue weighted by molar-refractivity contribution is 5.81. The van der Waals surface area contributed by atoms with E-state index in [9.17, 15) is 4.79 Å². The van der Waals surface area contributed by atoms with Gasteiger partial charge in [0.2, 0.25) is 5.91 Å². The average molecular weight is 265 g/mol. The molecule has 4 fully saturated rings. The second kappa shape index (κ2) is 4.45. The van der Waals surface area contributed by atoms with E-state index in [-0.39, 0.29) is 11.5 Å².